The van der Waals surface area contributed by atoms with Crippen molar-refractivity contribution < 1.29 is 4.39 Å². The van der Waals surface area contributed by atoms with E-state index in [1.165, 1.54) is 6.42 Å². The fourth-order valence-corrected chi connectivity index (χ4v) is 2.74. The highest BCUT2D eigenvalue weighted by molar-refractivity contribution is 5.48. The summed E-state index contributed by atoms with van der Waals surface area (Å²) >= 11 is 0. The number of nitrogens with one attached hydrogen (secondary N) is 1. The van der Waals surface area contributed by atoms with Gasteiger partial charge >= 0.3 is 0 Å². The highest BCUT2D eigenvalue weighted by Crippen LogP contribution is 2.21. The van der Waals surface area contributed by atoms with E-state index in [-0.39, 0.29) is 5.82 Å². The van der Waals surface area contributed by atoms with Crippen LogP contribution < -0.4 is 10.2 Å². The molecule has 19 heavy (non-hydrogen) atoms. The zero-order chi connectivity index (χ0) is 13.8. The van der Waals surface area contributed by atoms with E-state index in [1.807, 2.05) is 19.1 Å². The normalized spacial score (nSPS) is 20.7. The predicted molar refractivity (Wildman–Crippen MR) is 79.2 cm³/mol. The SMILES string of the molecule is Cc1ccc(N2CCCNC(CC(C)C)C2)cc1F. The van der Waals surface area contributed by atoms with Crippen LogP contribution in [-0.4, -0.2) is 25.7 Å². The molecule has 0 amide bonds. The number of aryl methyl sites for hydroxylation is 1. The van der Waals surface area contributed by atoms with Crippen molar-refractivity contribution in [3.8, 4) is 0 Å². The molecule has 0 spiro atoms. The summed E-state index contributed by atoms with van der Waals surface area (Å²) in [4.78, 5) is 2.32. The van der Waals surface area contributed by atoms with Gasteiger partial charge in [-0.15, -0.1) is 0 Å². The number of nitrogens with zero attached hydrogens (tertiary/aromatic N) is 1. The third-order valence-electron chi connectivity index (χ3n) is 3.76. The molecule has 0 aliphatic carbocycles. The quantitative estimate of drug-likeness (QED) is 0.900. The van der Waals surface area contributed by atoms with E-state index in [0.29, 0.717) is 12.0 Å². The van der Waals surface area contributed by atoms with Crippen LogP contribution in [0.2, 0.25) is 0 Å². The minimum Gasteiger partial charge on any atom is -0.370 e. The maximum Gasteiger partial charge on any atom is 0.128 e. The summed E-state index contributed by atoms with van der Waals surface area (Å²) in [6.45, 7) is 9.35. The van der Waals surface area contributed by atoms with Crippen molar-refractivity contribution >= 4 is 5.69 Å². The monoisotopic (exact) mass is 264 g/mol. The smallest absolute Gasteiger partial charge is 0.128 e. The van der Waals surface area contributed by atoms with E-state index < -0.39 is 0 Å². The minimum absolute atomic E-state index is 0.102. The van der Waals surface area contributed by atoms with Crippen molar-refractivity contribution in [1.82, 2.24) is 5.32 Å². The second-order valence-corrected chi connectivity index (χ2v) is 6.01. The summed E-state index contributed by atoms with van der Waals surface area (Å²) in [5, 5.41) is 3.60. The molecule has 0 aromatic heterocycles. The van der Waals surface area contributed by atoms with E-state index in [4.69, 9.17) is 0 Å². The molecule has 1 atom stereocenters. The lowest BCUT2D eigenvalue weighted by atomic mass is 10.0. The molecule has 2 rings (SSSR count). The first-order chi connectivity index (χ1) is 9.06. The Kier molecular flexibility index (Phi) is 4.81. The third kappa shape index (κ3) is 3.93. The number of rotatable bonds is 3. The highest BCUT2D eigenvalue weighted by atomic mass is 19.1. The summed E-state index contributed by atoms with van der Waals surface area (Å²) in [5.41, 5.74) is 1.73. The van der Waals surface area contributed by atoms with E-state index in [9.17, 15) is 4.39 Å². The number of hydrogen-bond acceptors (Lipinski definition) is 2. The molecule has 1 unspecified atom stereocenters. The van der Waals surface area contributed by atoms with E-state index in [1.54, 1.807) is 6.07 Å². The van der Waals surface area contributed by atoms with Crippen LogP contribution in [0.15, 0.2) is 18.2 Å². The number of hydrogen-bond donors (Lipinski definition) is 1. The molecule has 1 saturated heterocycles. The standard InChI is InChI=1S/C16H25FN2/c1-12(2)9-14-11-19(8-4-7-18-14)15-6-5-13(3)16(17)10-15/h5-6,10,12,14,18H,4,7-9,11H2,1-3H3. The first-order valence-electron chi connectivity index (χ1n) is 7.30. The molecule has 3 heteroatoms. The van der Waals surface area contributed by atoms with Gasteiger partial charge in [0, 0.05) is 24.8 Å². The molecule has 1 N–H and O–H groups in total. The summed E-state index contributed by atoms with van der Waals surface area (Å²) < 4.78 is 13.7. The Balaban J connectivity index is 2.10. The van der Waals surface area contributed by atoms with Crippen LogP contribution >= 0.6 is 0 Å². The third-order valence-corrected chi connectivity index (χ3v) is 3.76. The van der Waals surface area contributed by atoms with Gasteiger partial charge in [-0.3, -0.25) is 0 Å². The molecule has 2 nitrogen and oxygen atoms in total. The van der Waals surface area contributed by atoms with Crippen LogP contribution in [-0.2, 0) is 0 Å². The highest BCUT2D eigenvalue weighted by Gasteiger charge is 2.19. The van der Waals surface area contributed by atoms with Gasteiger partial charge in [0.15, 0.2) is 0 Å². The lowest BCUT2D eigenvalue weighted by Gasteiger charge is -2.27. The predicted octanol–water partition coefficient (Wildman–Crippen LogP) is 3.35. The average molecular weight is 264 g/mol. The van der Waals surface area contributed by atoms with Gasteiger partial charge in [-0.05, 0) is 49.9 Å². The summed E-state index contributed by atoms with van der Waals surface area (Å²) in [6.07, 6.45) is 2.29. The molecule has 1 fully saturated rings. The second kappa shape index (κ2) is 6.38. The Morgan fingerprint density at radius 3 is 2.89 bits per heavy atom. The summed E-state index contributed by atoms with van der Waals surface area (Å²) in [7, 11) is 0. The Labute approximate surface area is 116 Å². The van der Waals surface area contributed by atoms with Gasteiger partial charge in [0.05, 0.1) is 0 Å². The van der Waals surface area contributed by atoms with Gasteiger partial charge in [0.25, 0.3) is 0 Å². The van der Waals surface area contributed by atoms with Crippen molar-refractivity contribution in [2.75, 3.05) is 24.5 Å². The first kappa shape index (κ1) is 14.3. The molecular formula is C16H25FN2. The van der Waals surface area contributed by atoms with Crippen molar-refractivity contribution in [2.24, 2.45) is 5.92 Å². The zero-order valence-electron chi connectivity index (χ0n) is 12.2. The van der Waals surface area contributed by atoms with E-state index >= 15 is 0 Å². The van der Waals surface area contributed by atoms with Gasteiger partial charge in [-0.25, -0.2) is 4.39 Å². The minimum atomic E-state index is -0.102. The van der Waals surface area contributed by atoms with Crippen LogP contribution in [0.25, 0.3) is 0 Å². The average Bonchev–Trinajstić information content (AvgIpc) is 2.57. The van der Waals surface area contributed by atoms with Crippen LogP contribution in [0, 0.1) is 18.7 Å². The Morgan fingerprint density at radius 1 is 1.42 bits per heavy atom. The van der Waals surface area contributed by atoms with E-state index in [0.717, 1.165) is 37.3 Å². The fraction of sp³-hybridized carbons (Fsp3) is 0.625. The lowest BCUT2D eigenvalue weighted by molar-refractivity contribution is 0.436. The maximum atomic E-state index is 13.7. The lowest BCUT2D eigenvalue weighted by Crippen LogP contribution is -2.38. The van der Waals surface area contributed by atoms with Gasteiger partial charge < -0.3 is 10.2 Å². The molecule has 1 heterocycles. The zero-order valence-corrected chi connectivity index (χ0v) is 12.2. The van der Waals surface area contributed by atoms with Gasteiger partial charge in [-0.2, -0.15) is 0 Å². The largest absolute Gasteiger partial charge is 0.370 e. The second-order valence-electron chi connectivity index (χ2n) is 6.01. The molecule has 0 saturated carbocycles. The summed E-state index contributed by atoms with van der Waals surface area (Å²) in [6, 6.07) is 6.09. The van der Waals surface area contributed by atoms with Gasteiger partial charge in [-0.1, -0.05) is 19.9 Å². The fourth-order valence-electron chi connectivity index (χ4n) is 2.74. The first-order valence-corrected chi connectivity index (χ1v) is 7.30. The van der Waals surface area contributed by atoms with Gasteiger partial charge in [0.2, 0.25) is 0 Å². The molecule has 1 aliphatic heterocycles. The summed E-state index contributed by atoms with van der Waals surface area (Å²) in [5.74, 6) is 0.585. The van der Waals surface area contributed by atoms with Crippen molar-refractivity contribution in [3.63, 3.8) is 0 Å². The number of anilines is 1. The maximum absolute atomic E-state index is 13.7. The molecule has 1 aromatic rings. The Morgan fingerprint density at radius 2 is 2.21 bits per heavy atom. The number of benzene rings is 1. The van der Waals surface area contributed by atoms with Crippen molar-refractivity contribution in [1.29, 1.82) is 0 Å². The van der Waals surface area contributed by atoms with Crippen LogP contribution in [0.4, 0.5) is 10.1 Å². The van der Waals surface area contributed by atoms with Crippen molar-refractivity contribution in [3.05, 3.63) is 29.6 Å². The van der Waals surface area contributed by atoms with Crippen molar-refractivity contribution in [2.45, 2.75) is 39.7 Å². The van der Waals surface area contributed by atoms with Crippen LogP contribution in [0.3, 0.4) is 0 Å². The molecule has 0 radical (unpaired) electrons. The Bertz CT molecular complexity index is 417. The van der Waals surface area contributed by atoms with Gasteiger partial charge in [0.1, 0.15) is 5.82 Å². The molecule has 0 bridgehead atoms. The molecule has 1 aliphatic rings. The van der Waals surface area contributed by atoms with E-state index in [2.05, 4.69) is 24.1 Å². The topological polar surface area (TPSA) is 15.3 Å². The Hall–Kier alpha value is -1.09. The number of halogens is 1. The van der Waals surface area contributed by atoms with Crippen LogP contribution in [0.1, 0.15) is 32.3 Å². The van der Waals surface area contributed by atoms with Crippen LogP contribution in [0.5, 0.6) is 0 Å². The molecular weight excluding hydrogens is 239 g/mol. The molecule has 1 aromatic carbocycles. The molecule has 106 valence electrons.